The average Bonchev–Trinajstić information content (AvgIpc) is 3.20. The van der Waals surface area contributed by atoms with E-state index < -0.39 is 17.0 Å². The number of allylic oxidation sites excluding steroid dienone is 2. The third kappa shape index (κ3) is 1.50. The van der Waals surface area contributed by atoms with Crippen LogP contribution >= 0.6 is 0 Å². The molecular formula is C20H24O5. The topological polar surface area (TPSA) is 87.1 Å². The lowest BCUT2D eigenvalue weighted by molar-refractivity contribution is -0.177. The summed E-state index contributed by atoms with van der Waals surface area (Å²) in [7, 11) is 0. The van der Waals surface area contributed by atoms with Crippen molar-refractivity contribution in [3.63, 3.8) is 0 Å². The van der Waals surface area contributed by atoms with Gasteiger partial charge >= 0.3 is 5.97 Å². The maximum absolute atomic E-state index is 11.8. The molecule has 5 rings (SSSR count). The van der Waals surface area contributed by atoms with Crippen molar-refractivity contribution in [2.75, 3.05) is 0 Å². The standard InChI is InChI=1S/C20H24O5/c1-17-7-5-12(21)9-11(17)3-4-14-13-6-8-19(24,16(22)23)18(13,2)10-15-20(14,17)25-15/h5,7,9,13-15,24H,3-4,6,8,10H2,1-2H3,(H,22,23)/t13-,14-,15-,17-,18-,19-,20+/m0/s1. The summed E-state index contributed by atoms with van der Waals surface area (Å²) in [5.74, 6) is -0.695. The summed E-state index contributed by atoms with van der Waals surface area (Å²) in [6.07, 6.45) is 8.72. The summed E-state index contributed by atoms with van der Waals surface area (Å²) in [6, 6.07) is 0. The minimum absolute atomic E-state index is 0.0429. The molecule has 1 heterocycles. The Labute approximate surface area is 146 Å². The van der Waals surface area contributed by atoms with E-state index in [2.05, 4.69) is 6.92 Å². The second kappa shape index (κ2) is 4.26. The number of carbonyl (C=O) groups is 2. The number of aliphatic hydroxyl groups is 1. The van der Waals surface area contributed by atoms with Gasteiger partial charge in [0.25, 0.3) is 0 Å². The van der Waals surface area contributed by atoms with Crippen molar-refractivity contribution in [3.8, 4) is 0 Å². The zero-order chi connectivity index (χ0) is 17.8. The molecule has 0 unspecified atom stereocenters. The third-order valence-electron chi connectivity index (χ3n) is 8.44. The van der Waals surface area contributed by atoms with Gasteiger partial charge in [0.1, 0.15) is 5.60 Å². The van der Waals surface area contributed by atoms with E-state index in [1.165, 1.54) is 0 Å². The van der Waals surface area contributed by atoms with E-state index in [0.717, 1.165) is 24.8 Å². The highest BCUT2D eigenvalue weighted by Gasteiger charge is 2.81. The Morgan fingerprint density at radius 2 is 2.04 bits per heavy atom. The van der Waals surface area contributed by atoms with E-state index in [1.807, 2.05) is 13.0 Å². The van der Waals surface area contributed by atoms with E-state index >= 15 is 0 Å². The van der Waals surface area contributed by atoms with E-state index in [-0.39, 0.29) is 34.7 Å². The molecule has 134 valence electrons. The van der Waals surface area contributed by atoms with Crippen LogP contribution in [0, 0.1) is 22.7 Å². The van der Waals surface area contributed by atoms with Crippen molar-refractivity contribution in [2.45, 2.75) is 63.3 Å². The number of ketones is 1. The molecule has 25 heavy (non-hydrogen) atoms. The van der Waals surface area contributed by atoms with Gasteiger partial charge < -0.3 is 14.9 Å². The maximum atomic E-state index is 11.8. The van der Waals surface area contributed by atoms with Gasteiger partial charge in [-0.1, -0.05) is 18.6 Å². The first-order valence-corrected chi connectivity index (χ1v) is 9.27. The molecule has 5 nitrogen and oxygen atoms in total. The van der Waals surface area contributed by atoms with E-state index in [1.54, 1.807) is 12.2 Å². The number of carboxylic acid groups (broad SMARTS) is 1. The summed E-state index contributed by atoms with van der Waals surface area (Å²) in [6.45, 7) is 4.10. The summed E-state index contributed by atoms with van der Waals surface area (Å²) < 4.78 is 6.34. The fourth-order valence-corrected chi connectivity index (χ4v) is 7.00. The number of hydrogen-bond donors (Lipinski definition) is 2. The molecule has 7 atom stereocenters. The highest BCUT2D eigenvalue weighted by Crippen LogP contribution is 2.75. The predicted octanol–water partition coefficient (Wildman–Crippen LogP) is 2.24. The average molecular weight is 344 g/mol. The quantitative estimate of drug-likeness (QED) is 0.713. The van der Waals surface area contributed by atoms with Crippen LogP contribution in [0.5, 0.6) is 0 Å². The Bertz CT molecular complexity index is 768. The zero-order valence-electron chi connectivity index (χ0n) is 14.6. The lowest BCUT2D eigenvalue weighted by Crippen LogP contribution is -2.61. The zero-order valence-corrected chi connectivity index (χ0v) is 14.6. The molecule has 0 bridgehead atoms. The van der Waals surface area contributed by atoms with Crippen LogP contribution in [-0.4, -0.2) is 39.3 Å². The number of carboxylic acids is 1. The van der Waals surface area contributed by atoms with Crippen LogP contribution < -0.4 is 0 Å². The van der Waals surface area contributed by atoms with Crippen LogP contribution in [0.15, 0.2) is 23.8 Å². The molecule has 5 aliphatic rings. The first kappa shape index (κ1) is 15.8. The Balaban J connectivity index is 1.60. The van der Waals surface area contributed by atoms with Crippen molar-refractivity contribution < 1.29 is 24.5 Å². The molecule has 4 aliphatic carbocycles. The van der Waals surface area contributed by atoms with Gasteiger partial charge in [-0.25, -0.2) is 4.79 Å². The molecule has 1 saturated heterocycles. The number of fused-ring (bicyclic) bond motifs is 3. The number of aliphatic carboxylic acids is 1. The Morgan fingerprint density at radius 1 is 1.28 bits per heavy atom. The van der Waals surface area contributed by atoms with E-state index in [9.17, 15) is 19.8 Å². The monoisotopic (exact) mass is 344 g/mol. The first-order chi connectivity index (χ1) is 11.7. The molecule has 0 aromatic heterocycles. The normalized spacial score (nSPS) is 55.6. The van der Waals surface area contributed by atoms with Gasteiger partial charge in [0.15, 0.2) is 11.4 Å². The number of ether oxygens (including phenoxy) is 1. The minimum atomic E-state index is -1.66. The van der Waals surface area contributed by atoms with Crippen LogP contribution in [0.2, 0.25) is 0 Å². The van der Waals surface area contributed by atoms with Crippen molar-refractivity contribution in [3.05, 3.63) is 23.8 Å². The highest BCUT2D eigenvalue weighted by molar-refractivity contribution is 6.01. The first-order valence-electron chi connectivity index (χ1n) is 9.27. The molecule has 1 aliphatic heterocycles. The molecule has 3 saturated carbocycles. The second-order valence-electron chi connectivity index (χ2n) is 9.08. The molecule has 1 spiro atoms. The van der Waals surface area contributed by atoms with Crippen LogP contribution in [0.25, 0.3) is 0 Å². The van der Waals surface area contributed by atoms with E-state index in [0.29, 0.717) is 12.8 Å². The molecule has 0 aromatic rings. The molecule has 5 heteroatoms. The minimum Gasteiger partial charge on any atom is -0.479 e. The summed E-state index contributed by atoms with van der Waals surface area (Å²) >= 11 is 0. The van der Waals surface area contributed by atoms with Crippen molar-refractivity contribution in [2.24, 2.45) is 22.7 Å². The largest absolute Gasteiger partial charge is 0.479 e. The fraction of sp³-hybridized carbons (Fsp3) is 0.700. The van der Waals surface area contributed by atoms with Gasteiger partial charge in [0, 0.05) is 10.8 Å². The molecule has 4 fully saturated rings. The third-order valence-corrected chi connectivity index (χ3v) is 8.44. The highest BCUT2D eigenvalue weighted by atomic mass is 16.6. The number of carbonyl (C=O) groups excluding carboxylic acids is 1. The van der Waals surface area contributed by atoms with Gasteiger partial charge in [0.05, 0.1) is 6.10 Å². The van der Waals surface area contributed by atoms with Crippen LogP contribution in [0.1, 0.15) is 46.0 Å². The van der Waals surface area contributed by atoms with Crippen LogP contribution in [-0.2, 0) is 14.3 Å². The van der Waals surface area contributed by atoms with Crippen LogP contribution in [0.4, 0.5) is 0 Å². The van der Waals surface area contributed by atoms with Gasteiger partial charge in [-0.15, -0.1) is 0 Å². The molecule has 0 amide bonds. The summed E-state index contributed by atoms with van der Waals surface area (Å²) in [5, 5.41) is 20.6. The van der Waals surface area contributed by atoms with Crippen molar-refractivity contribution in [1.82, 2.24) is 0 Å². The smallest absolute Gasteiger partial charge is 0.336 e. The Morgan fingerprint density at radius 3 is 2.76 bits per heavy atom. The Hall–Kier alpha value is -1.46. The lowest BCUT2D eigenvalue weighted by atomic mass is 9.47. The molecule has 0 aromatic carbocycles. The SMILES string of the molecule is C[C@]12C=CC(=O)C=C1CC[C@H]1[C@@H]3CC[C@](O)(C(=O)O)[C@@]3(C)C[C@@H]3O[C@@]312. The molecule has 2 N–H and O–H groups in total. The van der Waals surface area contributed by atoms with Gasteiger partial charge in [-0.3, -0.25) is 4.79 Å². The van der Waals surface area contributed by atoms with Crippen molar-refractivity contribution >= 4 is 11.8 Å². The van der Waals surface area contributed by atoms with Gasteiger partial charge in [-0.05, 0) is 63.0 Å². The summed E-state index contributed by atoms with van der Waals surface area (Å²) in [5.41, 5.74) is -1.79. The second-order valence-corrected chi connectivity index (χ2v) is 9.08. The maximum Gasteiger partial charge on any atom is 0.336 e. The van der Waals surface area contributed by atoms with Gasteiger partial charge in [0.2, 0.25) is 0 Å². The van der Waals surface area contributed by atoms with Crippen LogP contribution in [0.3, 0.4) is 0 Å². The molecular weight excluding hydrogens is 320 g/mol. The lowest BCUT2D eigenvalue weighted by Gasteiger charge is -2.55. The van der Waals surface area contributed by atoms with Crippen molar-refractivity contribution in [1.29, 1.82) is 0 Å². The van der Waals surface area contributed by atoms with E-state index in [4.69, 9.17) is 4.74 Å². The number of hydrogen-bond acceptors (Lipinski definition) is 4. The fourth-order valence-electron chi connectivity index (χ4n) is 7.00. The van der Waals surface area contributed by atoms with Gasteiger partial charge in [-0.2, -0.15) is 0 Å². The number of rotatable bonds is 1. The number of epoxide rings is 1. The predicted molar refractivity (Wildman–Crippen MR) is 88.7 cm³/mol. The summed E-state index contributed by atoms with van der Waals surface area (Å²) in [4.78, 5) is 23.7. The molecule has 0 radical (unpaired) electrons. The Kier molecular flexibility index (Phi) is 2.69.